The lowest BCUT2D eigenvalue weighted by molar-refractivity contribution is -0.384. The number of halogens is 1. The number of anilines is 1. The van der Waals surface area contributed by atoms with Crippen LogP contribution in [0.4, 0.5) is 11.4 Å². The lowest BCUT2D eigenvalue weighted by Crippen LogP contribution is -2.07. The highest BCUT2D eigenvalue weighted by atomic mass is 79.9. The Morgan fingerprint density at radius 2 is 1.95 bits per heavy atom. The fraction of sp³-hybridized carbons (Fsp3) is 0.133. The van der Waals surface area contributed by atoms with E-state index in [-0.39, 0.29) is 17.9 Å². The number of nitro groups is 1. The molecule has 0 heterocycles. The summed E-state index contributed by atoms with van der Waals surface area (Å²) in [7, 11) is 1.58. The number of hydrogen-bond acceptors (Lipinski definition) is 5. The summed E-state index contributed by atoms with van der Waals surface area (Å²) in [6.07, 6.45) is 0. The van der Waals surface area contributed by atoms with E-state index in [9.17, 15) is 14.9 Å². The van der Waals surface area contributed by atoms with Crippen LogP contribution in [-0.4, -0.2) is 17.9 Å². The second kappa shape index (κ2) is 7.04. The molecule has 0 amide bonds. The van der Waals surface area contributed by atoms with Gasteiger partial charge in [0.1, 0.15) is 12.3 Å². The smallest absolute Gasteiger partial charge is 0.338 e. The van der Waals surface area contributed by atoms with Crippen molar-refractivity contribution in [3.05, 3.63) is 68.2 Å². The first kappa shape index (κ1) is 16.0. The van der Waals surface area contributed by atoms with Gasteiger partial charge in [-0.25, -0.2) is 4.79 Å². The molecule has 0 saturated heterocycles. The SMILES string of the molecule is CNc1ccc(C(=O)OCc2ccc(Br)cc2)cc1[N+](=O)[O-]. The van der Waals surface area contributed by atoms with Crippen LogP contribution in [0.5, 0.6) is 0 Å². The van der Waals surface area contributed by atoms with Gasteiger partial charge >= 0.3 is 5.97 Å². The highest BCUT2D eigenvalue weighted by Gasteiger charge is 2.17. The summed E-state index contributed by atoms with van der Waals surface area (Å²) < 4.78 is 6.10. The van der Waals surface area contributed by atoms with Crippen molar-refractivity contribution in [2.45, 2.75) is 6.61 Å². The van der Waals surface area contributed by atoms with Crippen LogP contribution in [0.3, 0.4) is 0 Å². The predicted octanol–water partition coefficient (Wildman–Crippen LogP) is 3.76. The maximum atomic E-state index is 12.0. The van der Waals surface area contributed by atoms with Crippen LogP contribution >= 0.6 is 15.9 Å². The molecule has 0 unspecified atom stereocenters. The molecular formula is C15H13BrN2O4. The monoisotopic (exact) mass is 364 g/mol. The minimum absolute atomic E-state index is 0.105. The number of carbonyl (C=O) groups is 1. The van der Waals surface area contributed by atoms with E-state index in [4.69, 9.17) is 4.74 Å². The molecule has 0 radical (unpaired) electrons. The van der Waals surface area contributed by atoms with Crippen LogP contribution < -0.4 is 5.32 Å². The molecule has 2 aromatic rings. The largest absolute Gasteiger partial charge is 0.457 e. The summed E-state index contributed by atoms with van der Waals surface area (Å²) in [5, 5.41) is 13.7. The fourth-order valence-corrected chi connectivity index (χ4v) is 2.10. The zero-order chi connectivity index (χ0) is 16.1. The summed E-state index contributed by atoms with van der Waals surface area (Å²) in [4.78, 5) is 22.4. The van der Waals surface area contributed by atoms with Gasteiger partial charge in [0.2, 0.25) is 0 Å². The van der Waals surface area contributed by atoms with Gasteiger partial charge in [0.25, 0.3) is 5.69 Å². The van der Waals surface area contributed by atoms with Crippen LogP contribution in [0.2, 0.25) is 0 Å². The average molecular weight is 365 g/mol. The van der Waals surface area contributed by atoms with Crippen molar-refractivity contribution in [3.63, 3.8) is 0 Å². The van der Waals surface area contributed by atoms with Gasteiger partial charge in [-0.2, -0.15) is 0 Å². The topological polar surface area (TPSA) is 81.5 Å². The lowest BCUT2D eigenvalue weighted by Gasteiger charge is -2.07. The second-order valence-corrected chi connectivity index (χ2v) is 5.36. The van der Waals surface area contributed by atoms with Gasteiger partial charge in [-0.1, -0.05) is 28.1 Å². The summed E-state index contributed by atoms with van der Waals surface area (Å²) in [6, 6.07) is 11.5. The number of hydrogen-bond donors (Lipinski definition) is 1. The minimum Gasteiger partial charge on any atom is -0.457 e. The highest BCUT2D eigenvalue weighted by Crippen LogP contribution is 2.25. The molecule has 1 N–H and O–H groups in total. The second-order valence-electron chi connectivity index (χ2n) is 4.44. The van der Waals surface area contributed by atoms with Gasteiger partial charge < -0.3 is 10.1 Å². The molecule has 0 aliphatic carbocycles. The maximum absolute atomic E-state index is 12.0. The van der Waals surface area contributed by atoms with Crippen molar-refractivity contribution in [3.8, 4) is 0 Å². The number of ether oxygens (including phenoxy) is 1. The van der Waals surface area contributed by atoms with E-state index in [1.54, 1.807) is 7.05 Å². The number of nitrogens with zero attached hydrogens (tertiary/aromatic N) is 1. The molecule has 0 saturated carbocycles. The van der Waals surface area contributed by atoms with Gasteiger partial charge in [-0.05, 0) is 29.8 Å². The molecule has 0 bridgehead atoms. The van der Waals surface area contributed by atoms with E-state index in [1.807, 2.05) is 24.3 Å². The van der Waals surface area contributed by atoms with Crippen molar-refractivity contribution >= 4 is 33.3 Å². The Hall–Kier alpha value is -2.41. The Kier molecular flexibility index (Phi) is 5.11. The fourth-order valence-electron chi connectivity index (χ4n) is 1.83. The van der Waals surface area contributed by atoms with Crippen LogP contribution in [-0.2, 0) is 11.3 Å². The predicted molar refractivity (Wildman–Crippen MR) is 85.9 cm³/mol. The molecule has 7 heteroatoms. The van der Waals surface area contributed by atoms with E-state index >= 15 is 0 Å². The van der Waals surface area contributed by atoms with Crippen LogP contribution in [0.25, 0.3) is 0 Å². The molecule has 0 aromatic heterocycles. The molecule has 0 aliphatic rings. The van der Waals surface area contributed by atoms with Crippen LogP contribution in [0, 0.1) is 10.1 Å². The van der Waals surface area contributed by atoms with Crippen molar-refractivity contribution in [2.24, 2.45) is 0 Å². The van der Waals surface area contributed by atoms with E-state index in [0.717, 1.165) is 10.0 Å². The first-order valence-corrected chi connectivity index (χ1v) is 7.18. The van der Waals surface area contributed by atoms with Crippen LogP contribution in [0.15, 0.2) is 46.9 Å². The molecule has 114 valence electrons. The van der Waals surface area contributed by atoms with Gasteiger partial charge in [-0.15, -0.1) is 0 Å². The first-order valence-electron chi connectivity index (χ1n) is 6.39. The van der Waals surface area contributed by atoms with Gasteiger partial charge in [0, 0.05) is 17.6 Å². The number of esters is 1. The summed E-state index contributed by atoms with van der Waals surface area (Å²) >= 11 is 3.32. The normalized spacial score (nSPS) is 10.1. The average Bonchev–Trinajstić information content (AvgIpc) is 2.53. The lowest BCUT2D eigenvalue weighted by atomic mass is 10.1. The molecule has 0 fully saturated rings. The van der Waals surface area contributed by atoms with E-state index in [2.05, 4.69) is 21.2 Å². The van der Waals surface area contributed by atoms with Crippen molar-refractivity contribution in [2.75, 3.05) is 12.4 Å². The number of nitro benzene ring substituents is 1. The highest BCUT2D eigenvalue weighted by molar-refractivity contribution is 9.10. The van der Waals surface area contributed by atoms with Crippen LogP contribution in [0.1, 0.15) is 15.9 Å². The summed E-state index contributed by atoms with van der Waals surface area (Å²) in [5.41, 5.74) is 1.15. The number of nitrogens with one attached hydrogen (secondary N) is 1. The third-order valence-corrected chi connectivity index (χ3v) is 3.51. The first-order chi connectivity index (χ1) is 10.5. The number of carbonyl (C=O) groups excluding carboxylic acids is 1. The molecule has 0 aliphatic heterocycles. The van der Waals surface area contributed by atoms with Crippen molar-refractivity contribution in [1.82, 2.24) is 0 Å². The van der Waals surface area contributed by atoms with Gasteiger partial charge in [0.15, 0.2) is 0 Å². The minimum atomic E-state index is -0.603. The van der Waals surface area contributed by atoms with E-state index in [1.165, 1.54) is 18.2 Å². The molecule has 0 spiro atoms. The Balaban J connectivity index is 2.10. The standard InChI is InChI=1S/C15H13BrN2O4/c1-17-13-7-4-11(8-14(13)18(20)21)15(19)22-9-10-2-5-12(16)6-3-10/h2-8,17H,9H2,1H3. The zero-order valence-electron chi connectivity index (χ0n) is 11.7. The third kappa shape index (κ3) is 3.82. The number of benzene rings is 2. The van der Waals surface area contributed by atoms with E-state index in [0.29, 0.717) is 5.69 Å². The van der Waals surface area contributed by atoms with Gasteiger partial charge in [0.05, 0.1) is 10.5 Å². The Morgan fingerprint density at radius 1 is 1.27 bits per heavy atom. The number of rotatable bonds is 5. The molecule has 0 atom stereocenters. The molecular weight excluding hydrogens is 352 g/mol. The third-order valence-electron chi connectivity index (χ3n) is 2.98. The molecule has 2 aromatic carbocycles. The Labute approximate surface area is 135 Å². The zero-order valence-corrected chi connectivity index (χ0v) is 13.3. The Morgan fingerprint density at radius 3 is 2.55 bits per heavy atom. The summed E-state index contributed by atoms with van der Waals surface area (Å²) in [5.74, 6) is -0.603. The van der Waals surface area contributed by atoms with Crippen molar-refractivity contribution in [1.29, 1.82) is 0 Å². The van der Waals surface area contributed by atoms with Gasteiger partial charge in [-0.3, -0.25) is 10.1 Å². The molecule has 2 rings (SSSR count). The maximum Gasteiger partial charge on any atom is 0.338 e. The molecule has 22 heavy (non-hydrogen) atoms. The molecule has 6 nitrogen and oxygen atoms in total. The van der Waals surface area contributed by atoms with E-state index < -0.39 is 10.9 Å². The van der Waals surface area contributed by atoms with Crippen molar-refractivity contribution < 1.29 is 14.5 Å². The quantitative estimate of drug-likeness (QED) is 0.496. The summed E-state index contributed by atoms with van der Waals surface area (Å²) in [6.45, 7) is 0.105. The Bertz CT molecular complexity index is 701.